The van der Waals surface area contributed by atoms with E-state index in [0.717, 1.165) is 0 Å². The summed E-state index contributed by atoms with van der Waals surface area (Å²) in [6, 6.07) is 1.70. The van der Waals surface area contributed by atoms with Gasteiger partial charge in [0.15, 0.2) is 5.65 Å². The maximum Gasteiger partial charge on any atom is 0.390 e. The van der Waals surface area contributed by atoms with E-state index >= 15 is 0 Å². The number of hydrogen-bond acceptors (Lipinski definition) is 2. The summed E-state index contributed by atoms with van der Waals surface area (Å²) in [5.74, 6) is 0.395. The lowest BCUT2D eigenvalue weighted by Gasteiger charge is -2.11. The standard InChI is InChI=1S/C11H10BrClF3N3/c1-6(13)9-18-8-4-7(12)5-17-10(8)19(9)3-2-11(14,15)16/h4-6H,2-3H2,1H3. The molecule has 0 aliphatic rings. The molecule has 1 unspecified atom stereocenters. The van der Waals surface area contributed by atoms with Crippen molar-refractivity contribution in [3.05, 3.63) is 22.6 Å². The van der Waals surface area contributed by atoms with E-state index in [1.54, 1.807) is 13.0 Å². The lowest BCUT2D eigenvalue weighted by molar-refractivity contribution is -0.136. The Morgan fingerprint density at radius 2 is 2.16 bits per heavy atom. The van der Waals surface area contributed by atoms with Crippen LogP contribution < -0.4 is 0 Å². The Balaban J connectivity index is 2.46. The zero-order valence-electron chi connectivity index (χ0n) is 9.88. The number of aromatic nitrogens is 3. The maximum atomic E-state index is 12.3. The van der Waals surface area contributed by atoms with E-state index in [0.29, 0.717) is 21.5 Å². The Morgan fingerprint density at radius 1 is 1.47 bits per heavy atom. The summed E-state index contributed by atoms with van der Waals surface area (Å²) in [5.41, 5.74) is 0.939. The summed E-state index contributed by atoms with van der Waals surface area (Å²) in [5, 5.41) is -0.485. The van der Waals surface area contributed by atoms with Gasteiger partial charge in [-0.25, -0.2) is 9.97 Å². The fraction of sp³-hybridized carbons (Fsp3) is 0.455. The largest absolute Gasteiger partial charge is 0.390 e. The van der Waals surface area contributed by atoms with E-state index < -0.39 is 18.0 Å². The van der Waals surface area contributed by atoms with Crippen molar-refractivity contribution < 1.29 is 13.2 Å². The average molecular weight is 357 g/mol. The van der Waals surface area contributed by atoms with Gasteiger partial charge in [-0.2, -0.15) is 13.2 Å². The molecule has 1 atom stereocenters. The normalized spacial score (nSPS) is 14.0. The zero-order chi connectivity index (χ0) is 14.2. The number of fused-ring (bicyclic) bond motifs is 1. The van der Waals surface area contributed by atoms with Crippen LogP contribution in [0.5, 0.6) is 0 Å². The van der Waals surface area contributed by atoms with Crippen molar-refractivity contribution >= 4 is 38.7 Å². The van der Waals surface area contributed by atoms with Gasteiger partial charge >= 0.3 is 6.18 Å². The molecule has 0 bridgehead atoms. The topological polar surface area (TPSA) is 30.7 Å². The number of pyridine rings is 1. The highest BCUT2D eigenvalue weighted by Crippen LogP contribution is 2.27. The molecule has 19 heavy (non-hydrogen) atoms. The molecule has 2 aromatic rings. The van der Waals surface area contributed by atoms with Crippen molar-refractivity contribution in [3.8, 4) is 0 Å². The van der Waals surface area contributed by atoms with Gasteiger partial charge in [0.25, 0.3) is 0 Å². The first-order chi connectivity index (χ1) is 8.78. The number of nitrogens with zero attached hydrogens (tertiary/aromatic N) is 3. The van der Waals surface area contributed by atoms with E-state index in [9.17, 15) is 13.2 Å². The maximum absolute atomic E-state index is 12.3. The number of halogens is 5. The van der Waals surface area contributed by atoms with Crippen LogP contribution in [0.15, 0.2) is 16.7 Å². The molecule has 2 aromatic heterocycles. The Labute approximate surface area is 120 Å². The summed E-state index contributed by atoms with van der Waals surface area (Å²) in [4.78, 5) is 8.36. The van der Waals surface area contributed by atoms with E-state index in [2.05, 4.69) is 25.9 Å². The number of alkyl halides is 4. The van der Waals surface area contributed by atoms with Crippen LogP contribution in [0.2, 0.25) is 0 Å². The number of imidazole rings is 1. The van der Waals surface area contributed by atoms with Gasteiger partial charge in [0.1, 0.15) is 11.3 Å². The van der Waals surface area contributed by atoms with E-state index in [1.807, 2.05) is 0 Å². The first-order valence-electron chi connectivity index (χ1n) is 5.50. The second-order valence-electron chi connectivity index (χ2n) is 4.10. The van der Waals surface area contributed by atoms with Crippen LogP contribution in [0.25, 0.3) is 11.2 Å². The summed E-state index contributed by atoms with van der Waals surface area (Å²) in [6.07, 6.45) is -3.64. The van der Waals surface area contributed by atoms with Gasteiger partial charge in [0.2, 0.25) is 0 Å². The molecule has 0 saturated heterocycles. The van der Waals surface area contributed by atoms with E-state index in [-0.39, 0.29) is 6.54 Å². The quantitative estimate of drug-likeness (QED) is 0.761. The predicted octanol–water partition coefficient (Wildman–Crippen LogP) is 4.45. The SMILES string of the molecule is CC(Cl)c1nc2cc(Br)cnc2n1CCC(F)(F)F. The summed E-state index contributed by atoms with van der Waals surface area (Å²) in [6.45, 7) is 1.43. The van der Waals surface area contributed by atoms with Crippen molar-refractivity contribution in [1.29, 1.82) is 0 Å². The zero-order valence-corrected chi connectivity index (χ0v) is 12.2. The van der Waals surface area contributed by atoms with E-state index in [1.165, 1.54) is 10.8 Å². The van der Waals surface area contributed by atoms with Gasteiger partial charge in [-0.05, 0) is 28.9 Å². The molecule has 0 fully saturated rings. The third kappa shape index (κ3) is 3.39. The van der Waals surface area contributed by atoms with Crippen LogP contribution in [0.3, 0.4) is 0 Å². The fourth-order valence-electron chi connectivity index (χ4n) is 1.77. The molecule has 0 aromatic carbocycles. The van der Waals surface area contributed by atoms with Gasteiger partial charge in [-0.1, -0.05) is 0 Å². The molecule has 0 radical (unpaired) electrons. The summed E-state index contributed by atoms with van der Waals surface area (Å²) >= 11 is 9.21. The number of hydrogen-bond donors (Lipinski definition) is 0. The van der Waals surface area contributed by atoms with E-state index in [4.69, 9.17) is 11.6 Å². The summed E-state index contributed by atoms with van der Waals surface area (Å²) in [7, 11) is 0. The highest BCUT2D eigenvalue weighted by Gasteiger charge is 2.28. The molecule has 0 aliphatic carbocycles. The van der Waals surface area contributed by atoms with Crippen molar-refractivity contribution in [3.63, 3.8) is 0 Å². The van der Waals surface area contributed by atoms with Crippen molar-refractivity contribution in [2.75, 3.05) is 0 Å². The molecule has 0 spiro atoms. The van der Waals surface area contributed by atoms with Crippen molar-refractivity contribution in [1.82, 2.24) is 14.5 Å². The molecule has 8 heteroatoms. The van der Waals surface area contributed by atoms with Crippen LogP contribution in [0.4, 0.5) is 13.2 Å². The molecule has 0 aliphatic heterocycles. The highest BCUT2D eigenvalue weighted by molar-refractivity contribution is 9.10. The minimum Gasteiger partial charge on any atom is -0.311 e. The Bertz CT molecular complexity index is 595. The van der Waals surface area contributed by atoms with Gasteiger partial charge in [0, 0.05) is 17.2 Å². The Hall–Kier alpha value is -0.820. The number of aryl methyl sites for hydroxylation is 1. The predicted molar refractivity (Wildman–Crippen MR) is 70.2 cm³/mol. The minimum atomic E-state index is -4.22. The fourth-order valence-corrected chi connectivity index (χ4v) is 2.25. The second-order valence-corrected chi connectivity index (χ2v) is 5.67. The molecule has 0 amide bonds. The van der Waals surface area contributed by atoms with Gasteiger partial charge < -0.3 is 4.57 Å². The van der Waals surface area contributed by atoms with Crippen LogP contribution in [-0.4, -0.2) is 20.7 Å². The lowest BCUT2D eigenvalue weighted by Crippen LogP contribution is -2.14. The van der Waals surface area contributed by atoms with Crippen molar-refractivity contribution in [2.45, 2.75) is 31.4 Å². The molecule has 3 nitrogen and oxygen atoms in total. The van der Waals surface area contributed by atoms with Gasteiger partial charge in [-0.3, -0.25) is 0 Å². The Morgan fingerprint density at radius 3 is 2.74 bits per heavy atom. The highest BCUT2D eigenvalue weighted by atomic mass is 79.9. The summed E-state index contributed by atoms with van der Waals surface area (Å²) < 4.78 is 39.2. The Kier molecular flexibility index (Phi) is 4.06. The second kappa shape index (κ2) is 5.28. The van der Waals surface area contributed by atoms with Crippen molar-refractivity contribution in [2.24, 2.45) is 0 Å². The first-order valence-corrected chi connectivity index (χ1v) is 6.73. The van der Waals surface area contributed by atoms with Gasteiger partial charge in [-0.15, -0.1) is 11.6 Å². The molecule has 0 saturated carbocycles. The average Bonchev–Trinajstić information content (AvgIpc) is 2.63. The molecule has 2 rings (SSSR count). The van der Waals surface area contributed by atoms with Crippen LogP contribution in [0.1, 0.15) is 24.5 Å². The van der Waals surface area contributed by atoms with Gasteiger partial charge in [0.05, 0.1) is 11.8 Å². The van der Waals surface area contributed by atoms with Crippen LogP contribution in [0, 0.1) is 0 Å². The van der Waals surface area contributed by atoms with Crippen LogP contribution in [-0.2, 0) is 6.54 Å². The molecule has 2 heterocycles. The number of rotatable bonds is 3. The first kappa shape index (κ1) is 14.6. The third-order valence-electron chi connectivity index (χ3n) is 2.56. The molecular weight excluding hydrogens is 346 g/mol. The lowest BCUT2D eigenvalue weighted by atomic mass is 10.3. The molecular formula is C11H10BrClF3N3. The minimum absolute atomic E-state index is 0.235. The molecule has 0 N–H and O–H groups in total. The monoisotopic (exact) mass is 355 g/mol. The molecule has 104 valence electrons. The smallest absolute Gasteiger partial charge is 0.311 e. The van der Waals surface area contributed by atoms with Crippen LogP contribution >= 0.6 is 27.5 Å². The third-order valence-corrected chi connectivity index (χ3v) is 3.18.